The van der Waals surface area contributed by atoms with E-state index in [0.29, 0.717) is 5.41 Å². The maximum Gasteiger partial charge on any atom is 0.153 e. The molecule has 2 saturated heterocycles. The smallest absolute Gasteiger partial charge is 0.153 e. The van der Waals surface area contributed by atoms with Crippen LogP contribution in [-0.4, -0.2) is 45.8 Å². The number of aromatic nitrogens is 3. The molecule has 2 aromatic rings. The maximum absolute atomic E-state index is 4.73. The van der Waals surface area contributed by atoms with Gasteiger partial charge in [-0.05, 0) is 57.3 Å². The lowest BCUT2D eigenvalue weighted by atomic mass is 9.86. The van der Waals surface area contributed by atoms with Gasteiger partial charge in [-0.15, -0.1) is 0 Å². The van der Waals surface area contributed by atoms with E-state index in [9.17, 15) is 0 Å². The summed E-state index contributed by atoms with van der Waals surface area (Å²) in [5.41, 5.74) is 4.22. The lowest BCUT2D eigenvalue weighted by molar-refractivity contribution is 0.268. The summed E-state index contributed by atoms with van der Waals surface area (Å²) in [7, 11) is 0. The highest BCUT2D eigenvalue weighted by Gasteiger charge is 2.40. The second kappa shape index (κ2) is 5.73. The number of rotatable bonds is 3. The second-order valence-electron chi connectivity index (χ2n) is 7.14. The van der Waals surface area contributed by atoms with E-state index >= 15 is 0 Å². The summed E-state index contributed by atoms with van der Waals surface area (Å²) in [4.78, 5) is 7.04. The average molecular weight is 311 g/mol. The standard InChI is InChI=1S/C18H25N5/c1-14-16(11-22-10-7-18(13-22)6-9-19-12-18)15(2)23(21-14)17-5-3-4-8-20-17/h3-5,8,19H,6-7,9-13H2,1-2H3. The van der Waals surface area contributed by atoms with Gasteiger partial charge in [-0.2, -0.15) is 5.10 Å². The molecule has 4 rings (SSSR count). The third kappa shape index (κ3) is 2.68. The van der Waals surface area contributed by atoms with Crippen LogP contribution in [0.25, 0.3) is 5.82 Å². The summed E-state index contributed by atoms with van der Waals surface area (Å²) < 4.78 is 1.98. The largest absolute Gasteiger partial charge is 0.316 e. The Balaban J connectivity index is 1.55. The molecule has 0 aliphatic carbocycles. The fourth-order valence-electron chi connectivity index (χ4n) is 4.14. The number of hydrogen-bond acceptors (Lipinski definition) is 4. The van der Waals surface area contributed by atoms with Crippen molar-refractivity contribution in [2.75, 3.05) is 26.2 Å². The number of likely N-dealkylation sites (tertiary alicyclic amines) is 1. The van der Waals surface area contributed by atoms with E-state index in [-0.39, 0.29) is 0 Å². The first kappa shape index (κ1) is 14.8. The van der Waals surface area contributed by atoms with Crippen molar-refractivity contribution in [2.24, 2.45) is 5.41 Å². The van der Waals surface area contributed by atoms with Gasteiger partial charge < -0.3 is 5.32 Å². The summed E-state index contributed by atoms with van der Waals surface area (Å²) >= 11 is 0. The molecule has 2 aliphatic heterocycles. The SMILES string of the molecule is Cc1nn(-c2ccccn2)c(C)c1CN1CCC2(CCNC2)C1. The van der Waals surface area contributed by atoms with Crippen molar-refractivity contribution >= 4 is 0 Å². The number of aryl methyl sites for hydroxylation is 1. The van der Waals surface area contributed by atoms with Gasteiger partial charge in [-0.3, -0.25) is 4.90 Å². The molecule has 5 heteroatoms. The molecule has 0 saturated carbocycles. The Morgan fingerprint density at radius 3 is 2.91 bits per heavy atom. The molecule has 0 amide bonds. The molecule has 4 heterocycles. The van der Waals surface area contributed by atoms with Crippen molar-refractivity contribution in [3.05, 3.63) is 41.3 Å². The van der Waals surface area contributed by atoms with Crippen molar-refractivity contribution in [1.29, 1.82) is 0 Å². The molecule has 2 fully saturated rings. The maximum atomic E-state index is 4.73. The minimum atomic E-state index is 0.527. The third-order valence-corrected chi connectivity index (χ3v) is 5.54. The highest BCUT2D eigenvalue weighted by Crippen LogP contribution is 2.37. The van der Waals surface area contributed by atoms with Crippen LogP contribution in [0.5, 0.6) is 0 Å². The quantitative estimate of drug-likeness (QED) is 0.942. The van der Waals surface area contributed by atoms with E-state index < -0.39 is 0 Å². The van der Waals surface area contributed by atoms with Gasteiger partial charge in [-0.1, -0.05) is 6.07 Å². The number of nitrogens with zero attached hydrogens (tertiary/aromatic N) is 4. The Morgan fingerprint density at radius 2 is 2.17 bits per heavy atom. The van der Waals surface area contributed by atoms with Crippen LogP contribution in [0.3, 0.4) is 0 Å². The summed E-state index contributed by atoms with van der Waals surface area (Å²) in [5, 5.41) is 8.26. The van der Waals surface area contributed by atoms with Crippen LogP contribution in [0.4, 0.5) is 0 Å². The molecule has 1 spiro atoms. The predicted octanol–water partition coefficient (Wildman–Crippen LogP) is 2.07. The van der Waals surface area contributed by atoms with Gasteiger partial charge in [0, 0.05) is 37.1 Å². The van der Waals surface area contributed by atoms with Gasteiger partial charge in [0.2, 0.25) is 0 Å². The van der Waals surface area contributed by atoms with E-state index in [1.165, 1.54) is 50.3 Å². The summed E-state index contributed by atoms with van der Waals surface area (Å²) in [6, 6.07) is 5.96. The van der Waals surface area contributed by atoms with Gasteiger partial charge in [0.25, 0.3) is 0 Å². The average Bonchev–Trinajstić information content (AvgIpc) is 3.26. The van der Waals surface area contributed by atoms with Gasteiger partial charge in [0.1, 0.15) is 0 Å². The molecular formula is C18H25N5. The monoisotopic (exact) mass is 311 g/mol. The van der Waals surface area contributed by atoms with E-state index in [1.807, 2.05) is 29.1 Å². The van der Waals surface area contributed by atoms with Crippen LogP contribution < -0.4 is 5.32 Å². The minimum absolute atomic E-state index is 0.527. The summed E-state index contributed by atoms with van der Waals surface area (Å²) in [5.74, 6) is 0.900. The zero-order valence-corrected chi connectivity index (χ0v) is 14.0. The molecule has 1 atom stereocenters. The highest BCUT2D eigenvalue weighted by atomic mass is 15.3. The van der Waals surface area contributed by atoms with Crippen molar-refractivity contribution in [2.45, 2.75) is 33.2 Å². The Morgan fingerprint density at radius 1 is 1.26 bits per heavy atom. The molecule has 0 radical (unpaired) electrons. The zero-order chi connectivity index (χ0) is 15.9. The number of hydrogen-bond donors (Lipinski definition) is 1. The number of pyridine rings is 1. The Kier molecular flexibility index (Phi) is 3.70. The van der Waals surface area contributed by atoms with Gasteiger partial charge in [-0.25, -0.2) is 9.67 Å². The second-order valence-corrected chi connectivity index (χ2v) is 7.14. The molecule has 2 aliphatic rings. The molecule has 1 unspecified atom stereocenters. The van der Waals surface area contributed by atoms with E-state index in [1.54, 1.807) is 0 Å². The lowest BCUT2D eigenvalue weighted by Crippen LogP contribution is -2.29. The van der Waals surface area contributed by atoms with Gasteiger partial charge >= 0.3 is 0 Å². The third-order valence-electron chi connectivity index (χ3n) is 5.54. The molecule has 0 bridgehead atoms. The fourth-order valence-corrected chi connectivity index (χ4v) is 4.14. The lowest BCUT2D eigenvalue weighted by Gasteiger charge is -2.23. The summed E-state index contributed by atoms with van der Waals surface area (Å²) in [6.45, 7) is 10.1. The Hall–Kier alpha value is -1.72. The highest BCUT2D eigenvalue weighted by molar-refractivity contribution is 5.32. The van der Waals surface area contributed by atoms with Crippen LogP contribution in [0, 0.1) is 19.3 Å². The fraction of sp³-hybridized carbons (Fsp3) is 0.556. The van der Waals surface area contributed by atoms with E-state index in [0.717, 1.165) is 18.1 Å². The van der Waals surface area contributed by atoms with E-state index in [2.05, 4.69) is 29.0 Å². The summed E-state index contributed by atoms with van der Waals surface area (Å²) in [6.07, 6.45) is 4.48. The molecule has 5 nitrogen and oxygen atoms in total. The van der Waals surface area contributed by atoms with Gasteiger partial charge in [0.05, 0.1) is 5.69 Å². The Bertz CT molecular complexity index is 685. The van der Waals surface area contributed by atoms with Crippen molar-refractivity contribution in [3.8, 4) is 5.82 Å². The first-order chi connectivity index (χ1) is 11.2. The van der Waals surface area contributed by atoms with Gasteiger partial charge in [0.15, 0.2) is 5.82 Å². The molecule has 23 heavy (non-hydrogen) atoms. The first-order valence-electron chi connectivity index (χ1n) is 8.56. The predicted molar refractivity (Wildman–Crippen MR) is 90.6 cm³/mol. The van der Waals surface area contributed by atoms with Crippen LogP contribution in [0.2, 0.25) is 0 Å². The molecule has 1 N–H and O–H groups in total. The van der Waals surface area contributed by atoms with Crippen LogP contribution in [-0.2, 0) is 6.54 Å². The van der Waals surface area contributed by atoms with Crippen LogP contribution in [0.1, 0.15) is 29.8 Å². The normalized spacial score (nSPS) is 24.8. The van der Waals surface area contributed by atoms with Crippen molar-refractivity contribution in [1.82, 2.24) is 25.0 Å². The molecule has 0 aromatic carbocycles. The first-order valence-corrected chi connectivity index (χ1v) is 8.56. The van der Waals surface area contributed by atoms with Crippen molar-refractivity contribution in [3.63, 3.8) is 0 Å². The minimum Gasteiger partial charge on any atom is -0.316 e. The molecule has 2 aromatic heterocycles. The molecular weight excluding hydrogens is 286 g/mol. The van der Waals surface area contributed by atoms with E-state index in [4.69, 9.17) is 5.10 Å². The zero-order valence-electron chi connectivity index (χ0n) is 14.0. The molecule has 122 valence electrons. The van der Waals surface area contributed by atoms with Crippen LogP contribution in [0.15, 0.2) is 24.4 Å². The Labute approximate surface area is 137 Å². The topological polar surface area (TPSA) is 46.0 Å². The number of nitrogens with one attached hydrogen (secondary N) is 1. The van der Waals surface area contributed by atoms with Crippen molar-refractivity contribution < 1.29 is 0 Å². The van der Waals surface area contributed by atoms with Crippen LogP contribution >= 0.6 is 0 Å².